The fourth-order valence-corrected chi connectivity index (χ4v) is 5.30. The molecule has 0 saturated carbocycles. The largest absolute Gasteiger partial charge is 0.496 e. The number of methoxy groups -OCH3 is 2. The molecule has 0 aliphatic heterocycles. The van der Waals surface area contributed by atoms with E-state index >= 15 is 0 Å². The van der Waals surface area contributed by atoms with Crippen molar-refractivity contribution < 1.29 is 22.7 Å². The highest BCUT2D eigenvalue weighted by Crippen LogP contribution is 2.35. The van der Waals surface area contributed by atoms with E-state index in [0.717, 1.165) is 27.8 Å². The van der Waals surface area contributed by atoms with Crippen molar-refractivity contribution >= 4 is 27.6 Å². The number of ether oxygens (including phenoxy) is 2. The number of carbonyl (C=O) groups excluding carboxylic acids is 1. The van der Waals surface area contributed by atoms with E-state index in [4.69, 9.17) is 21.1 Å². The van der Waals surface area contributed by atoms with Crippen LogP contribution in [0.3, 0.4) is 0 Å². The molecule has 0 fully saturated rings. The van der Waals surface area contributed by atoms with Crippen molar-refractivity contribution in [3.63, 3.8) is 0 Å². The van der Waals surface area contributed by atoms with Crippen LogP contribution in [0.5, 0.6) is 5.75 Å². The van der Waals surface area contributed by atoms with Gasteiger partial charge in [0.25, 0.3) is 0 Å². The molecule has 3 aromatic carbocycles. The molecule has 3 rings (SSSR count). The summed E-state index contributed by atoms with van der Waals surface area (Å²) in [5, 5.41) is 0.474. The van der Waals surface area contributed by atoms with Crippen molar-refractivity contribution in [3.05, 3.63) is 82.4 Å². The molecule has 0 aliphatic carbocycles. The first-order valence-corrected chi connectivity index (χ1v) is 12.6. The smallest absolute Gasteiger partial charge is 0.309 e. The van der Waals surface area contributed by atoms with E-state index in [-0.39, 0.29) is 30.4 Å². The van der Waals surface area contributed by atoms with Crippen molar-refractivity contribution in [1.82, 2.24) is 4.31 Å². The Hall–Kier alpha value is -2.87. The quantitative estimate of drug-likeness (QED) is 0.374. The van der Waals surface area contributed by atoms with Crippen LogP contribution >= 0.6 is 11.6 Å². The average molecular weight is 502 g/mol. The Kier molecular flexibility index (Phi) is 8.36. The molecule has 8 heteroatoms. The minimum Gasteiger partial charge on any atom is -0.496 e. The molecule has 3 aromatic rings. The summed E-state index contributed by atoms with van der Waals surface area (Å²) in [7, 11) is -0.807. The summed E-state index contributed by atoms with van der Waals surface area (Å²) in [4.78, 5) is 12.0. The summed E-state index contributed by atoms with van der Waals surface area (Å²) in [5.41, 5.74) is 4.21. The van der Waals surface area contributed by atoms with Crippen molar-refractivity contribution in [2.75, 3.05) is 20.8 Å². The molecule has 0 spiro atoms. The van der Waals surface area contributed by atoms with Crippen molar-refractivity contribution in [3.8, 4) is 16.9 Å². The molecule has 180 valence electrons. The molecule has 0 bridgehead atoms. The van der Waals surface area contributed by atoms with Gasteiger partial charge < -0.3 is 9.47 Å². The van der Waals surface area contributed by atoms with E-state index in [2.05, 4.69) is 0 Å². The maximum Gasteiger partial charge on any atom is 0.309 e. The standard InChI is InChI=1S/C26H28ClNO5S/c1-5-28(34(30,31)22-10-8-21(27)9-11-22)17-20-14-18(2)6-12-23(20)24-15-19(16-26(29)33-4)7-13-25(24)32-3/h6-15H,5,16-17H2,1-4H3. The van der Waals surface area contributed by atoms with Gasteiger partial charge in [-0.25, -0.2) is 8.42 Å². The molecule has 0 atom stereocenters. The zero-order valence-corrected chi connectivity index (χ0v) is 21.2. The molecule has 0 unspecified atom stereocenters. The van der Waals surface area contributed by atoms with E-state index in [1.54, 1.807) is 32.2 Å². The Labute approximate surface area is 206 Å². The highest BCUT2D eigenvalue weighted by atomic mass is 35.5. The number of aryl methyl sites for hydroxylation is 1. The normalized spacial score (nSPS) is 11.5. The van der Waals surface area contributed by atoms with Crippen molar-refractivity contribution in [2.45, 2.75) is 31.7 Å². The molecular weight excluding hydrogens is 474 g/mol. The molecule has 0 aliphatic rings. The molecule has 0 aromatic heterocycles. The van der Waals surface area contributed by atoms with Gasteiger partial charge in [-0.3, -0.25) is 4.79 Å². The summed E-state index contributed by atoms with van der Waals surface area (Å²) >= 11 is 5.94. The fraction of sp³-hybridized carbons (Fsp3) is 0.269. The fourth-order valence-electron chi connectivity index (χ4n) is 3.74. The zero-order chi connectivity index (χ0) is 24.9. The third-order valence-electron chi connectivity index (χ3n) is 5.54. The third kappa shape index (κ3) is 5.78. The second kappa shape index (κ2) is 11.0. The average Bonchev–Trinajstić information content (AvgIpc) is 2.82. The molecule has 6 nitrogen and oxygen atoms in total. The Morgan fingerprint density at radius 2 is 1.68 bits per heavy atom. The number of nitrogens with zero attached hydrogens (tertiary/aromatic N) is 1. The summed E-state index contributed by atoms with van der Waals surface area (Å²) in [6.45, 7) is 4.23. The van der Waals surface area contributed by atoms with Crippen LogP contribution in [0, 0.1) is 6.92 Å². The van der Waals surface area contributed by atoms with Crippen LogP contribution < -0.4 is 4.74 Å². The molecule has 0 N–H and O–H groups in total. The van der Waals surface area contributed by atoms with Crippen LogP contribution in [0.1, 0.15) is 23.6 Å². The Balaban J connectivity index is 2.06. The van der Waals surface area contributed by atoms with Crippen LogP contribution in [0.2, 0.25) is 5.02 Å². The van der Waals surface area contributed by atoms with Gasteiger partial charge in [-0.05, 0) is 60.0 Å². The first-order chi connectivity index (χ1) is 16.2. The predicted molar refractivity (Wildman–Crippen MR) is 134 cm³/mol. The highest BCUT2D eigenvalue weighted by molar-refractivity contribution is 7.89. The lowest BCUT2D eigenvalue weighted by molar-refractivity contribution is -0.139. The van der Waals surface area contributed by atoms with Gasteiger partial charge in [0.05, 0.1) is 25.5 Å². The lowest BCUT2D eigenvalue weighted by Crippen LogP contribution is -2.30. The van der Waals surface area contributed by atoms with Crippen LogP contribution in [0.15, 0.2) is 65.6 Å². The first kappa shape index (κ1) is 25.7. The summed E-state index contributed by atoms with van der Waals surface area (Å²) in [5.74, 6) is 0.286. The minimum atomic E-state index is -3.74. The number of hydrogen-bond acceptors (Lipinski definition) is 5. The van der Waals surface area contributed by atoms with Crippen LogP contribution in [-0.4, -0.2) is 39.5 Å². The lowest BCUT2D eigenvalue weighted by Gasteiger charge is -2.23. The van der Waals surface area contributed by atoms with E-state index in [0.29, 0.717) is 10.8 Å². The van der Waals surface area contributed by atoms with Crippen LogP contribution in [-0.2, 0) is 32.5 Å². The second-order valence-electron chi connectivity index (χ2n) is 7.83. The Bertz CT molecular complexity index is 1270. The number of halogens is 1. The number of carbonyl (C=O) groups is 1. The van der Waals surface area contributed by atoms with Gasteiger partial charge in [-0.15, -0.1) is 0 Å². The summed E-state index contributed by atoms with van der Waals surface area (Å²) in [6, 6.07) is 17.6. The van der Waals surface area contributed by atoms with Gasteiger partial charge >= 0.3 is 5.97 Å². The zero-order valence-electron chi connectivity index (χ0n) is 19.7. The summed E-state index contributed by atoms with van der Waals surface area (Å²) < 4.78 is 38.5. The SMILES string of the molecule is CCN(Cc1cc(C)ccc1-c1cc(CC(=O)OC)ccc1OC)S(=O)(=O)c1ccc(Cl)cc1. The number of hydrogen-bond donors (Lipinski definition) is 0. The van der Waals surface area contributed by atoms with Gasteiger partial charge in [-0.1, -0.05) is 48.4 Å². The van der Waals surface area contributed by atoms with E-state index in [9.17, 15) is 13.2 Å². The molecule has 34 heavy (non-hydrogen) atoms. The van der Waals surface area contributed by atoms with Crippen LogP contribution in [0.25, 0.3) is 11.1 Å². The number of esters is 1. The lowest BCUT2D eigenvalue weighted by atomic mass is 9.95. The molecule has 0 amide bonds. The Morgan fingerprint density at radius 3 is 2.29 bits per heavy atom. The van der Waals surface area contributed by atoms with Gasteiger partial charge in [0, 0.05) is 23.7 Å². The molecule has 0 radical (unpaired) electrons. The van der Waals surface area contributed by atoms with E-state index in [1.807, 2.05) is 37.3 Å². The maximum atomic E-state index is 13.4. The van der Waals surface area contributed by atoms with Crippen molar-refractivity contribution in [2.24, 2.45) is 0 Å². The minimum absolute atomic E-state index is 0.126. The van der Waals surface area contributed by atoms with Gasteiger partial charge in [-0.2, -0.15) is 4.31 Å². The van der Waals surface area contributed by atoms with Gasteiger partial charge in [0.2, 0.25) is 10.0 Å². The first-order valence-electron chi connectivity index (χ1n) is 10.8. The topological polar surface area (TPSA) is 72.9 Å². The maximum absolute atomic E-state index is 13.4. The van der Waals surface area contributed by atoms with Gasteiger partial charge in [0.1, 0.15) is 5.75 Å². The van der Waals surface area contributed by atoms with E-state index in [1.165, 1.54) is 23.5 Å². The van der Waals surface area contributed by atoms with Crippen LogP contribution in [0.4, 0.5) is 0 Å². The molecule has 0 saturated heterocycles. The molecular formula is C26H28ClNO5S. The summed E-state index contributed by atoms with van der Waals surface area (Å²) in [6.07, 6.45) is 0.126. The highest BCUT2D eigenvalue weighted by Gasteiger charge is 2.25. The number of sulfonamides is 1. The molecule has 0 heterocycles. The number of rotatable bonds is 9. The monoisotopic (exact) mass is 501 g/mol. The van der Waals surface area contributed by atoms with Gasteiger partial charge in [0.15, 0.2) is 0 Å². The van der Waals surface area contributed by atoms with E-state index < -0.39 is 10.0 Å². The third-order valence-corrected chi connectivity index (χ3v) is 7.73. The predicted octanol–water partition coefficient (Wildman–Crippen LogP) is 5.25. The number of benzene rings is 3. The van der Waals surface area contributed by atoms with Crippen molar-refractivity contribution in [1.29, 1.82) is 0 Å². The second-order valence-corrected chi connectivity index (χ2v) is 10.2. The Morgan fingerprint density at radius 1 is 0.971 bits per heavy atom.